The van der Waals surface area contributed by atoms with Crippen LogP contribution in [0.5, 0.6) is 0 Å². The first-order valence-corrected chi connectivity index (χ1v) is 5.65. The summed E-state index contributed by atoms with van der Waals surface area (Å²) in [6.07, 6.45) is 0. The van der Waals surface area contributed by atoms with E-state index in [0.29, 0.717) is 25.7 Å². The fourth-order valence-corrected chi connectivity index (χ4v) is 2.27. The van der Waals surface area contributed by atoms with E-state index in [0.717, 1.165) is 0 Å². The average molecular weight is 307 g/mol. The molecule has 1 heterocycles. The van der Waals surface area contributed by atoms with Gasteiger partial charge in [-0.25, -0.2) is 4.79 Å². The number of aromatic nitrogens is 2. The van der Waals surface area contributed by atoms with Crippen molar-refractivity contribution in [3.8, 4) is 0 Å². The van der Waals surface area contributed by atoms with Gasteiger partial charge < -0.3 is 4.98 Å². The highest BCUT2D eigenvalue weighted by Gasteiger charge is 2.10. The second kappa shape index (κ2) is 3.74. The molecular weight excluding hydrogens is 302 g/mol. The molecule has 1 atom stereocenters. The van der Waals surface area contributed by atoms with Gasteiger partial charge in [0.05, 0.1) is 15.9 Å². The summed E-state index contributed by atoms with van der Waals surface area (Å²) in [7, 11) is 2.43. The molecule has 0 fully saturated rings. The summed E-state index contributed by atoms with van der Waals surface area (Å²) in [6, 6.07) is 1.50. The Morgan fingerprint density at radius 3 is 2.67 bits per heavy atom. The maximum Gasteiger partial charge on any atom is 0.326 e. The van der Waals surface area contributed by atoms with Crippen molar-refractivity contribution >= 4 is 53.0 Å². The lowest BCUT2D eigenvalue weighted by atomic mass is 10.2. The minimum Gasteiger partial charge on any atom is -0.306 e. The zero-order chi connectivity index (χ0) is 11.2. The summed E-state index contributed by atoms with van der Waals surface area (Å²) in [6.45, 7) is 0. The Labute approximate surface area is 99.4 Å². The van der Waals surface area contributed by atoms with E-state index in [1.807, 2.05) is 0 Å². The number of nitrogens with one attached hydrogen (secondary N) is 2. The zero-order valence-corrected chi connectivity index (χ0v) is 10.7. The van der Waals surface area contributed by atoms with E-state index in [4.69, 9.17) is 11.6 Å². The van der Waals surface area contributed by atoms with Crippen molar-refractivity contribution in [2.75, 3.05) is 0 Å². The highest BCUT2D eigenvalue weighted by atomic mass is 79.9. The number of aromatic amines is 2. The summed E-state index contributed by atoms with van der Waals surface area (Å²) in [5.41, 5.74) is -0.526. The molecule has 78 valence electrons. The van der Waals surface area contributed by atoms with Crippen LogP contribution >= 0.6 is 36.8 Å². The number of rotatable bonds is 0. The maximum absolute atomic E-state index is 11.5. The molecule has 1 aromatic heterocycles. The third-order valence-electron chi connectivity index (χ3n) is 1.97. The smallest absolute Gasteiger partial charge is 0.306 e. The van der Waals surface area contributed by atoms with Crippen LogP contribution in [-0.2, 0) is 0 Å². The molecule has 0 aliphatic heterocycles. The Balaban J connectivity index is 3.12. The van der Waals surface area contributed by atoms with E-state index in [9.17, 15) is 9.59 Å². The fraction of sp³-hybridized carbons (Fsp3) is 0. The molecule has 0 aliphatic carbocycles. The minimum atomic E-state index is -0.537. The van der Waals surface area contributed by atoms with Crippen molar-refractivity contribution in [1.29, 1.82) is 0 Å². The van der Waals surface area contributed by atoms with Gasteiger partial charge in [-0.15, -0.1) is 9.24 Å². The molecule has 2 N–H and O–H groups in total. The van der Waals surface area contributed by atoms with Crippen molar-refractivity contribution in [2.24, 2.45) is 0 Å². The molecule has 0 amide bonds. The third kappa shape index (κ3) is 1.75. The lowest BCUT2D eigenvalue weighted by molar-refractivity contribution is 1.08. The van der Waals surface area contributed by atoms with Crippen molar-refractivity contribution in [2.45, 2.75) is 0 Å². The molecule has 1 unspecified atom stereocenters. The highest BCUT2D eigenvalue weighted by Crippen LogP contribution is 2.25. The molecule has 0 radical (unpaired) electrons. The molecule has 0 spiro atoms. The molecule has 4 nitrogen and oxygen atoms in total. The Bertz CT molecular complexity index is 664. The van der Waals surface area contributed by atoms with Crippen LogP contribution in [0.4, 0.5) is 0 Å². The molecule has 0 saturated heterocycles. The van der Waals surface area contributed by atoms with E-state index in [2.05, 4.69) is 35.1 Å². The number of H-pyrrole nitrogens is 2. The molecular formula is C8H5BrClN2O2P. The van der Waals surface area contributed by atoms with E-state index in [1.54, 1.807) is 0 Å². The number of hydrogen-bond donors (Lipinski definition) is 2. The Morgan fingerprint density at radius 1 is 1.33 bits per heavy atom. The van der Waals surface area contributed by atoms with Gasteiger partial charge in [0, 0.05) is 9.78 Å². The van der Waals surface area contributed by atoms with Gasteiger partial charge >= 0.3 is 5.69 Å². The predicted molar refractivity (Wildman–Crippen MR) is 67.2 cm³/mol. The van der Waals surface area contributed by atoms with Gasteiger partial charge in [0.2, 0.25) is 0 Å². The van der Waals surface area contributed by atoms with Crippen molar-refractivity contribution in [1.82, 2.24) is 9.97 Å². The van der Waals surface area contributed by atoms with Gasteiger partial charge in [-0.3, -0.25) is 9.78 Å². The van der Waals surface area contributed by atoms with E-state index in [-0.39, 0.29) is 0 Å². The first-order chi connectivity index (χ1) is 7.00. The summed E-state index contributed by atoms with van der Waals surface area (Å²) in [5, 5.41) is 1.43. The quantitative estimate of drug-likeness (QED) is 0.717. The fourth-order valence-electron chi connectivity index (χ4n) is 1.27. The first-order valence-electron chi connectivity index (χ1n) is 3.90. The standard InChI is InChI=1S/C8H5BrClN2O2P/c9-4-3(10)1-2-5(6(4)15)11-8(14)12-7(2)13/h1H,15H2,(H2,11,12,13,14). The van der Waals surface area contributed by atoms with E-state index in [1.165, 1.54) is 6.07 Å². The molecule has 7 heteroatoms. The summed E-state index contributed by atoms with van der Waals surface area (Å²) < 4.78 is 0.642. The first kappa shape index (κ1) is 10.9. The molecule has 0 bridgehead atoms. The lowest BCUT2D eigenvalue weighted by Crippen LogP contribution is -2.24. The number of hydrogen-bond acceptors (Lipinski definition) is 2. The van der Waals surface area contributed by atoms with Gasteiger partial charge in [-0.2, -0.15) is 0 Å². The molecule has 0 aliphatic rings. The Kier molecular flexibility index (Phi) is 2.71. The largest absolute Gasteiger partial charge is 0.326 e. The number of halogens is 2. The predicted octanol–water partition coefficient (Wildman–Crippen LogP) is 1.13. The maximum atomic E-state index is 11.5. The van der Waals surface area contributed by atoms with Crippen LogP contribution in [-0.4, -0.2) is 9.97 Å². The number of fused-ring (bicyclic) bond motifs is 1. The Morgan fingerprint density at radius 2 is 2.00 bits per heavy atom. The monoisotopic (exact) mass is 306 g/mol. The summed E-state index contributed by atoms with van der Waals surface area (Å²) in [4.78, 5) is 27.2. The van der Waals surface area contributed by atoms with Crippen LogP contribution in [0.1, 0.15) is 0 Å². The molecule has 2 aromatic rings. The lowest BCUT2D eigenvalue weighted by Gasteiger charge is -2.04. The summed E-state index contributed by atoms with van der Waals surface area (Å²) >= 11 is 9.16. The van der Waals surface area contributed by atoms with E-state index >= 15 is 0 Å². The third-order valence-corrected chi connectivity index (χ3v) is 4.35. The minimum absolute atomic E-state index is 0.354. The van der Waals surface area contributed by atoms with Crippen LogP contribution in [0, 0.1) is 0 Å². The van der Waals surface area contributed by atoms with E-state index < -0.39 is 11.2 Å². The van der Waals surface area contributed by atoms with Crippen LogP contribution in [0.3, 0.4) is 0 Å². The molecule has 2 rings (SSSR count). The molecule has 1 aromatic carbocycles. The van der Waals surface area contributed by atoms with Crippen LogP contribution in [0.25, 0.3) is 10.9 Å². The van der Waals surface area contributed by atoms with Crippen molar-refractivity contribution in [3.05, 3.63) is 36.4 Å². The normalized spacial score (nSPS) is 10.9. The van der Waals surface area contributed by atoms with Gasteiger partial charge in [0.1, 0.15) is 0 Å². The van der Waals surface area contributed by atoms with Gasteiger partial charge in [-0.1, -0.05) is 11.6 Å². The number of benzene rings is 1. The van der Waals surface area contributed by atoms with Crippen LogP contribution in [0.2, 0.25) is 5.02 Å². The highest BCUT2D eigenvalue weighted by molar-refractivity contribution is 9.10. The topological polar surface area (TPSA) is 65.7 Å². The van der Waals surface area contributed by atoms with Crippen molar-refractivity contribution < 1.29 is 0 Å². The second-order valence-corrected chi connectivity index (χ2v) is 4.69. The summed E-state index contributed by atoms with van der Waals surface area (Å²) in [5.74, 6) is 0. The van der Waals surface area contributed by atoms with Gasteiger partial charge in [-0.05, 0) is 22.0 Å². The molecule has 0 saturated carbocycles. The van der Waals surface area contributed by atoms with Gasteiger partial charge in [0.25, 0.3) is 5.56 Å². The second-order valence-electron chi connectivity index (χ2n) is 2.92. The SMILES string of the molecule is O=c1[nH]c(=O)c2cc(Cl)c(Br)c(P)c2[nH]1. The van der Waals surface area contributed by atoms with Gasteiger partial charge in [0.15, 0.2) is 0 Å². The molecule has 15 heavy (non-hydrogen) atoms. The van der Waals surface area contributed by atoms with Crippen LogP contribution in [0.15, 0.2) is 20.1 Å². The average Bonchev–Trinajstić information content (AvgIpc) is 2.17. The van der Waals surface area contributed by atoms with Crippen LogP contribution < -0.4 is 16.6 Å². The van der Waals surface area contributed by atoms with Crippen molar-refractivity contribution in [3.63, 3.8) is 0 Å². The zero-order valence-electron chi connectivity index (χ0n) is 7.23. The Hall–Kier alpha value is -0.640.